The Labute approximate surface area is 94.3 Å². The lowest BCUT2D eigenvalue weighted by atomic mass is 9.97. The van der Waals surface area contributed by atoms with E-state index in [1.165, 1.54) is 16.7 Å². The third-order valence-electron chi connectivity index (χ3n) is 2.52. The molecule has 0 unspecified atom stereocenters. The van der Waals surface area contributed by atoms with Crippen LogP contribution in [-0.4, -0.2) is 10.2 Å². The zero-order valence-corrected chi connectivity index (χ0v) is 9.81. The number of rotatable bonds is 1. The molecule has 0 aliphatic rings. The Hall–Kier alpha value is -1.28. The highest BCUT2D eigenvalue weighted by atomic mass is 35.5. The first kappa shape index (κ1) is 10.2. The van der Waals surface area contributed by atoms with Crippen LogP contribution in [0.25, 0.3) is 11.3 Å². The van der Waals surface area contributed by atoms with E-state index < -0.39 is 0 Å². The molecule has 0 aliphatic heterocycles. The van der Waals surface area contributed by atoms with Crippen LogP contribution < -0.4 is 0 Å². The van der Waals surface area contributed by atoms with Gasteiger partial charge in [0.2, 0.25) is 0 Å². The van der Waals surface area contributed by atoms with Crippen LogP contribution in [0.4, 0.5) is 0 Å². The highest BCUT2D eigenvalue weighted by molar-refractivity contribution is 6.33. The van der Waals surface area contributed by atoms with Gasteiger partial charge >= 0.3 is 0 Å². The fourth-order valence-corrected chi connectivity index (χ4v) is 2.21. The summed E-state index contributed by atoms with van der Waals surface area (Å²) in [5.41, 5.74) is 5.77. The van der Waals surface area contributed by atoms with E-state index in [1.807, 2.05) is 0 Å². The van der Waals surface area contributed by atoms with Crippen LogP contribution in [0.15, 0.2) is 18.3 Å². The van der Waals surface area contributed by atoms with Crippen molar-refractivity contribution in [1.29, 1.82) is 0 Å². The largest absolute Gasteiger partial charge is 0.276 e. The van der Waals surface area contributed by atoms with Crippen LogP contribution in [0.2, 0.25) is 5.02 Å². The first-order chi connectivity index (χ1) is 7.09. The standard InChI is InChI=1S/C12H13ClN2/c1-7-4-8(2)11(9(3)5-7)12-10(13)6-14-15-12/h4-6H,1-3H3,(H,14,15). The van der Waals surface area contributed by atoms with E-state index in [0.717, 1.165) is 11.3 Å². The Balaban J connectivity index is 2.68. The van der Waals surface area contributed by atoms with Crippen LogP contribution >= 0.6 is 11.6 Å². The lowest BCUT2D eigenvalue weighted by Crippen LogP contribution is -1.90. The van der Waals surface area contributed by atoms with Crippen molar-refractivity contribution in [3.63, 3.8) is 0 Å². The number of aryl methyl sites for hydroxylation is 3. The van der Waals surface area contributed by atoms with Gasteiger partial charge in [0.25, 0.3) is 0 Å². The molecule has 1 aromatic heterocycles. The SMILES string of the molecule is Cc1cc(C)c(-c2[nH]ncc2Cl)c(C)c1. The number of benzene rings is 1. The highest BCUT2D eigenvalue weighted by Crippen LogP contribution is 2.31. The molecule has 15 heavy (non-hydrogen) atoms. The second kappa shape index (κ2) is 3.70. The van der Waals surface area contributed by atoms with Crippen molar-refractivity contribution in [2.75, 3.05) is 0 Å². The summed E-state index contributed by atoms with van der Waals surface area (Å²) in [4.78, 5) is 0. The number of aromatic nitrogens is 2. The van der Waals surface area contributed by atoms with Crippen molar-refractivity contribution in [3.05, 3.63) is 40.0 Å². The molecule has 3 heteroatoms. The van der Waals surface area contributed by atoms with Gasteiger partial charge < -0.3 is 0 Å². The van der Waals surface area contributed by atoms with Gasteiger partial charge in [-0.3, -0.25) is 5.10 Å². The second-order valence-electron chi connectivity index (χ2n) is 3.87. The molecule has 2 nitrogen and oxygen atoms in total. The van der Waals surface area contributed by atoms with Gasteiger partial charge in [-0.15, -0.1) is 0 Å². The van der Waals surface area contributed by atoms with Gasteiger partial charge in [-0.05, 0) is 31.9 Å². The maximum atomic E-state index is 6.06. The van der Waals surface area contributed by atoms with E-state index in [0.29, 0.717) is 5.02 Å². The molecule has 0 saturated heterocycles. The van der Waals surface area contributed by atoms with Gasteiger partial charge in [0.1, 0.15) is 0 Å². The molecule has 78 valence electrons. The second-order valence-corrected chi connectivity index (χ2v) is 4.27. The number of aromatic amines is 1. The van der Waals surface area contributed by atoms with Crippen molar-refractivity contribution < 1.29 is 0 Å². The molecule has 0 atom stereocenters. The average Bonchev–Trinajstić information content (AvgIpc) is 2.50. The van der Waals surface area contributed by atoms with E-state index in [1.54, 1.807) is 6.20 Å². The minimum atomic E-state index is 0.671. The summed E-state index contributed by atoms with van der Waals surface area (Å²) >= 11 is 6.06. The van der Waals surface area contributed by atoms with Gasteiger partial charge in [0.05, 0.1) is 16.9 Å². The monoisotopic (exact) mass is 220 g/mol. The number of H-pyrrole nitrogens is 1. The first-order valence-electron chi connectivity index (χ1n) is 4.86. The third kappa shape index (κ3) is 1.77. The quantitative estimate of drug-likeness (QED) is 0.781. The maximum Gasteiger partial charge on any atom is 0.0863 e. The zero-order chi connectivity index (χ0) is 11.0. The van der Waals surface area contributed by atoms with E-state index >= 15 is 0 Å². The van der Waals surface area contributed by atoms with E-state index in [4.69, 9.17) is 11.6 Å². The minimum absolute atomic E-state index is 0.671. The fourth-order valence-electron chi connectivity index (χ4n) is 2.02. The molecule has 0 radical (unpaired) electrons. The summed E-state index contributed by atoms with van der Waals surface area (Å²) in [7, 11) is 0. The van der Waals surface area contributed by atoms with Crippen LogP contribution in [-0.2, 0) is 0 Å². The van der Waals surface area contributed by atoms with E-state index in [9.17, 15) is 0 Å². The molecule has 1 heterocycles. The first-order valence-corrected chi connectivity index (χ1v) is 5.24. The number of hydrogen-bond donors (Lipinski definition) is 1. The van der Waals surface area contributed by atoms with Crippen molar-refractivity contribution in [2.45, 2.75) is 20.8 Å². The molecule has 0 aliphatic carbocycles. The Bertz CT molecular complexity index is 477. The summed E-state index contributed by atoms with van der Waals surface area (Å²) in [6.07, 6.45) is 1.63. The topological polar surface area (TPSA) is 28.7 Å². The van der Waals surface area contributed by atoms with Crippen LogP contribution in [0, 0.1) is 20.8 Å². The minimum Gasteiger partial charge on any atom is -0.276 e. The number of nitrogens with zero attached hydrogens (tertiary/aromatic N) is 1. The number of halogens is 1. The van der Waals surface area contributed by atoms with Gasteiger partial charge in [0.15, 0.2) is 0 Å². The zero-order valence-electron chi connectivity index (χ0n) is 9.06. The van der Waals surface area contributed by atoms with Crippen LogP contribution in [0.3, 0.4) is 0 Å². The van der Waals surface area contributed by atoms with Crippen LogP contribution in [0.5, 0.6) is 0 Å². The molecular formula is C12H13ClN2. The predicted molar refractivity (Wildman–Crippen MR) is 63.2 cm³/mol. The summed E-state index contributed by atoms with van der Waals surface area (Å²) in [6.45, 7) is 6.28. The molecule has 1 N–H and O–H groups in total. The summed E-state index contributed by atoms with van der Waals surface area (Å²) < 4.78 is 0. The van der Waals surface area contributed by atoms with Crippen molar-refractivity contribution in [3.8, 4) is 11.3 Å². The van der Waals surface area contributed by atoms with Crippen molar-refractivity contribution >= 4 is 11.6 Å². The van der Waals surface area contributed by atoms with Gasteiger partial charge in [-0.1, -0.05) is 29.3 Å². The molecule has 1 aromatic carbocycles. The number of hydrogen-bond acceptors (Lipinski definition) is 1. The Morgan fingerprint density at radius 3 is 2.20 bits per heavy atom. The van der Waals surface area contributed by atoms with Gasteiger partial charge in [-0.2, -0.15) is 5.10 Å². The molecule has 0 fully saturated rings. The lowest BCUT2D eigenvalue weighted by Gasteiger charge is -2.09. The Morgan fingerprint density at radius 2 is 1.73 bits per heavy atom. The lowest BCUT2D eigenvalue weighted by molar-refractivity contribution is 1.09. The molecule has 0 bridgehead atoms. The predicted octanol–water partition coefficient (Wildman–Crippen LogP) is 3.66. The fraction of sp³-hybridized carbons (Fsp3) is 0.250. The van der Waals surface area contributed by atoms with Gasteiger partial charge in [-0.25, -0.2) is 0 Å². The normalized spacial score (nSPS) is 10.7. The van der Waals surface area contributed by atoms with E-state index in [2.05, 4.69) is 43.1 Å². The maximum absolute atomic E-state index is 6.06. The van der Waals surface area contributed by atoms with Crippen molar-refractivity contribution in [2.24, 2.45) is 0 Å². The highest BCUT2D eigenvalue weighted by Gasteiger charge is 2.11. The summed E-state index contributed by atoms with van der Waals surface area (Å²) in [5.74, 6) is 0. The summed E-state index contributed by atoms with van der Waals surface area (Å²) in [5, 5.41) is 7.56. The van der Waals surface area contributed by atoms with Crippen molar-refractivity contribution in [1.82, 2.24) is 10.2 Å². The van der Waals surface area contributed by atoms with Crippen LogP contribution in [0.1, 0.15) is 16.7 Å². The Morgan fingerprint density at radius 1 is 1.13 bits per heavy atom. The Kier molecular flexibility index (Phi) is 2.53. The molecule has 0 amide bonds. The average molecular weight is 221 g/mol. The molecule has 2 rings (SSSR count). The third-order valence-corrected chi connectivity index (χ3v) is 2.81. The molecule has 0 saturated carbocycles. The molecule has 0 spiro atoms. The molecular weight excluding hydrogens is 208 g/mol. The smallest absolute Gasteiger partial charge is 0.0863 e. The summed E-state index contributed by atoms with van der Waals surface area (Å²) in [6, 6.07) is 4.30. The van der Waals surface area contributed by atoms with E-state index in [-0.39, 0.29) is 0 Å². The number of nitrogens with one attached hydrogen (secondary N) is 1. The molecule has 2 aromatic rings. The van der Waals surface area contributed by atoms with Gasteiger partial charge in [0, 0.05) is 5.56 Å².